The molecule has 0 fully saturated rings. The summed E-state index contributed by atoms with van der Waals surface area (Å²) in [5.41, 5.74) is 10.2. The fourth-order valence-electron chi connectivity index (χ4n) is 5.97. The van der Waals surface area contributed by atoms with E-state index in [1.165, 1.54) is 10.9 Å². The van der Waals surface area contributed by atoms with Crippen LogP contribution in [0.25, 0.3) is 88.2 Å². The second-order valence-corrected chi connectivity index (χ2v) is 10.2. The van der Waals surface area contributed by atoms with Crippen LogP contribution in [0.15, 0.2) is 130 Å². The molecule has 6 aromatic carbocycles. The molecule has 0 N–H and O–H groups in total. The van der Waals surface area contributed by atoms with E-state index in [1.807, 2.05) is 42.5 Å². The summed E-state index contributed by atoms with van der Waals surface area (Å²) in [4.78, 5) is 9.59. The molecule has 9 aromatic rings. The van der Waals surface area contributed by atoms with E-state index in [1.54, 1.807) is 0 Å². The molecule has 0 amide bonds. The van der Waals surface area contributed by atoms with Crippen LogP contribution in [0.4, 0.5) is 0 Å². The van der Waals surface area contributed by atoms with Crippen LogP contribution in [0, 0.1) is 0 Å². The second-order valence-electron chi connectivity index (χ2n) is 10.2. The summed E-state index contributed by atoms with van der Waals surface area (Å²) in [6.07, 6.45) is 0. The smallest absolute Gasteiger partial charge is 0.246 e. The van der Waals surface area contributed by atoms with Gasteiger partial charge >= 0.3 is 0 Å². The van der Waals surface area contributed by atoms with E-state index in [0.717, 1.165) is 71.5 Å². The van der Waals surface area contributed by atoms with Gasteiger partial charge < -0.3 is 8.83 Å². The van der Waals surface area contributed by atoms with Crippen LogP contribution in [-0.2, 0) is 0 Å². The first-order valence-electron chi connectivity index (χ1n) is 13.3. The molecule has 0 aliphatic rings. The fraction of sp³-hybridized carbons (Fsp3) is 0. The zero-order valence-electron chi connectivity index (χ0n) is 21.3. The predicted molar refractivity (Wildman–Crippen MR) is 162 cm³/mol. The molecule has 4 nitrogen and oxygen atoms in total. The second kappa shape index (κ2) is 8.01. The maximum atomic E-state index is 6.32. The van der Waals surface area contributed by atoms with E-state index in [9.17, 15) is 0 Å². The Morgan fingerprint density at radius 1 is 0.425 bits per heavy atom. The zero-order chi connectivity index (χ0) is 26.2. The lowest BCUT2D eigenvalue weighted by atomic mass is 9.93. The summed E-state index contributed by atoms with van der Waals surface area (Å²) in [5, 5.41) is 5.52. The van der Waals surface area contributed by atoms with Gasteiger partial charge in [0.15, 0.2) is 0 Å². The molecule has 0 aliphatic carbocycles. The minimum atomic E-state index is 0.562. The van der Waals surface area contributed by atoms with E-state index in [0.29, 0.717) is 5.71 Å². The monoisotopic (exact) mass is 512 g/mol. The van der Waals surface area contributed by atoms with Crippen molar-refractivity contribution >= 4 is 65.9 Å². The number of rotatable bonds is 2. The fourth-order valence-corrected chi connectivity index (χ4v) is 5.97. The van der Waals surface area contributed by atoms with Crippen LogP contribution in [0.5, 0.6) is 0 Å². The number of nitrogens with zero attached hydrogens (tertiary/aromatic N) is 2. The molecule has 0 saturated heterocycles. The highest BCUT2D eigenvalue weighted by Gasteiger charge is 2.16. The summed E-state index contributed by atoms with van der Waals surface area (Å²) >= 11 is 0. The minimum Gasteiger partial charge on any atom is -0.455 e. The molecular weight excluding hydrogens is 492 g/mol. The number of hydrogen-bond acceptors (Lipinski definition) is 4. The van der Waals surface area contributed by atoms with Crippen molar-refractivity contribution in [2.75, 3.05) is 0 Å². The van der Waals surface area contributed by atoms with Crippen molar-refractivity contribution in [1.82, 2.24) is 9.97 Å². The van der Waals surface area contributed by atoms with E-state index >= 15 is 0 Å². The van der Waals surface area contributed by atoms with Crippen molar-refractivity contribution in [3.8, 4) is 22.3 Å². The van der Waals surface area contributed by atoms with Gasteiger partial charge in [0.1, 0.15) is 22.3 Å². The van der Waals surface area contributed by atoms with Crippen molar-refractivity contribution in [2.45, 2.75) is 0 Å². The molecule has 0 bridgehead atoms. The molecule has 4 heteroatoms. The lowest BCUT2D eigenvalue weighted by Crippen LogP contribution is -1.85. The van der Waals surface area contributed by atoms with Gasteiger partial charge in [-0.25, -0.2) is 9.97 Å². The van der Waals surface area contributed by atoms with Gasteiger partial charge in [-0.2, -0.15) is 0 Å². The Hall–Kier alpha value is -5.48. The molecule has 0 saturated carbocycles. The normalized spacial score (nSPS) is 12.0. The molecule has 0 aliphatic heterocycles. The molecule has 40 heavy (non-hydrogen) atoms. The van der Waals surface area contributed by atoms with Crippen LogP contribution < -0.4 is 0 Å². The van der Waals surface area contributed by atoms with E-state index in [2.05, 4.69) is 78.9 Å². The van der Waals surface area contributed by atoms with Crippen LogP contribution in [0.2, 0.25) is 0 Å². The van der Waals surface area contributed by atoms with Gasteiger partial charge in [-0.15, -0.1) is 0 Å². The summed E-state index contributed by atoms with van der Waals surface area (Å²) in [6.45, 7) is 0. The quantitative estimate of drug-likeness (QED) is 0.231. The lowest BCUT2D eigenvalue weighted by Gasteiger charge is -2.10. The molecule has 0 unspecified atom stereocenters. The topological polar surface area (TPSA) is 52.1 Å². The summed E-state index contributed by atoms with van der Waals surface area (Å²) < 4.78 is 12.4. The summed E-state index contributed by atoms with van der Waals surface area (Å²) in [6, 6.07) is 41.9. The maximum absolute atomic E-state index is 6.32. The Balaban J connectivity index is 1.25. The van der Waals surface area contributed by atoms with Crippen molar-refractivity contribution in [3.63, 3.8) is 0 Å². The highest BCUT2D eigenvalue weighted by molar-refractivity contribution is 6.19. The number of para-hydroxylation sites is 3. The molecule has 9 rings (SSSR count). The van der Waals surface area contributed by atoms with E-state index in [-0.39, 0.29) is 0 Å². The van der Waals surface area contributed by atoms with Crippen molar-refractivity contribution in [1.29, 1.82) is 0 Å². The molecule has 186 valence electrons. The van der Waals surface area contributed by atoms with Crippen molar-refractivity contribution in [3.05, 3.63) is 121 Å². The van der Waals surface area contributed by atoms with Gasteiger partial charge in [-0.05, 0) is 70.1 Å². The van der Waals surface area contributed by atoms with Crippen molar-refractivity contribution in [2.24, 2.45) is 0 Å². The van der Waals surface area contributed by atoms with Crippen molar-refractivity contribution < 1.29 is 8.83 Å². The van der Waals surface area contributed by atoms with Crippen LogP contribution in [0.3, 0.4) is 0 Å². The number of aromatic nitrogens is 2. The maximum Gasteiger partial charge on any atom is 0.246 e. The van der Waals surface area contributed by atoms with Gasteiger partial charge in [0, 0.05) is 21.5 Å². The van der Waals surface area contributed by atoms with Crippen LogP contribution in [-0.4, -0.2) is 9.97 Å². The standard InChI is InChI=1S/C36H20N2O2/c1-2-12-26-24(10-1)27(20-28-25-11-3-6-15-32(25)39-35(26)28)23-9-7-8-21(18-23)22-16-17-33-29(19-22)34-36(40-33)38-31-14-5-4-13-30(31)37-34/h1-20H. The van der Waals surface area contributed by atoms with Gasteiger partial charge in [-0.3, -0.25) is 0 Å². The lowest BCUT2D eigenvalue weighted by molar-refractivity contribution is 0.655. The summed E-state index contributed by atoms with van der Waals surface area (Å²) in [7, 11) is 0. The van der Waals surface area contributed by atoms with Crippen LogP contribution in [0.1, 0.15) is 0 Å². The van der Waals surface area contributed by atoms with Gasteiger partial charge in [0.2, 0.25) is 5.71 Å². The molecular formula is C36H20N2O2. The first-order valence-corrected chi connectivity index (χ1v) is 13.3. The first kappa shape index (κ1) is 21.5. The molecule has 0 spiro atoms. The number of fused-ring (bicyclic) bond motifs is 9. The minimum absolute atomic E-state index is 0.562. The Morgan fingerprint density at radius 3 is 2.02 bits per heavy atom. The largest absolute Gasteiger partial charge is 0.455 e. The van der Waals surface area contributed by atoms with Gasteiger partial charge in [-0.1, -0.05) is 78.9 Å². The number of furan rings is 2. The molecule has 0 atom stereocenters. The Morgan fingerprint density at radius 2 is 1.12 bits per heavy atom. The first-order chi connectivity index (χ1) is 19.8. The Labute approximate surface area is 228 Å². The molecule has 3 aromatic heterocycles. The summed E-state index contributed by atoms with van der Waals surface area (Å²) in [5.74, 6) is 0. The zero-order valence-corrected chi connectivity index (χ0v) is 21.3. The average Bonchev–Trinajstić information content (AvgIpc) is 3.57. The Kier molecular flexibility index (Phi) is 4.30. The van der Waals surface area contributed by atoms with Gasteiger partial charge in [0.25, 0.3) is 0 Å². The Bertz CT molecular complexity index is 2450. The third kappa shape index (κ3) is 3.07. The van der Waals surface area contributed by atoms with E-state index < -0.39 is 0 Å². The predicted octanol–water partition coefficient (Wildman–Crippen LogP) is 9.92. The highest BCUT2D eigenvalue weighted by atomic mass is 16.3. The number of hydrogen-bond donors (Lipinski definition) is 0. The van der Waals surface area contributed by atoms with Crippen LogP contribution >= 0.6 is 0 Å². The molecule has 3 heterocycles. The van der Waals surface area contributed by atoms with Gasteiger partial charge in [0.05, 0.1) is 11.0 Å². The molecule has 0 radical (unpaired) electrons. The number of benzene rings is 6. The SMILES string of the molecule is c1cc(-c2ccc3oc4nc5ccccc5nc4c3c2)cc(-c2cc3c4ccccc4oc3c3ccccc23)c1. The third-order valence-corrected chi connectivity index (χ3v) is 7.87. The average molecular weight is 513 g/mol. The third-order valence-electron chi connectivity index (χ3n) is 7.87. The van der Waals surface area contributed by atoms with E-state index in [4.69, 9.17) is 18.8 Å². The highest BCUT2D eigenvalue weighted by Crippen LogP contribution is 2.40.